The van der Waals surface area contributed by atoms with Gasteiger partial charge in [0.15, 0.2) is 11.5 Å². The van der Waals surface area contributed by atoms with Crippen molar-refractivity contribution in [1.82, 2.24) is 4.98 Å². The Morgan fingerprint density at radius 3 is 2.74 bits per heavy atom. The van der Waals surface area contributed by atoms with Crippen molar-refractivity contribution >= 4 is 23.2 Å². The molecule has 19 heavy (non-hydrogen) atoms. The number of pyridine rings is 1. The van der Waals surface area contributed by atoms with Crippen molar-refractivity contribution in [2.24, 2.45) is 0 Å². The molecule has 1 heterocycles. The number of ether oxygens (including phenoxy) is 1. The summed E-state index contributed by atoms with van der Waals surface area (Å²) in [6.45, 7) is 0. The highest BCUT2D eigenvalue weighted by Crippen LogP contribution is 2.23. The van der Waals surface area contributed by atoms with Gasteiger partial charge in [0.1, 0.15) is 5.82 Å². The number of hydrogen-bond acceptors (Lipinski definition) is 5. The first-order valence-electron chi connectivity index (χ1n) is 5.48. The van der Waals surface area contributed by atoms with Crippen LogP contribution in [0, 0.1) is 5.82 Å². The monoisotopic (exact) mass is 261 g/mol. The Kier molecular flexibility index (Phi) is 3.61. The number of halogens is 1. The van der Waals surface area contributed by atoms with Crippen LogP contribution in [-0.2, 0) is 4.74 Å². The zero-order chi connectivity index (χ0) is 13.8. The lowest BCUT2D eigenvalue weighted by Gasteiger charge is -2.10. The topological polar surface area (TPSA) is 77.2 Å². The molecule has 0 bridgehead atoms. The number of esters is 1. The molecular weight excluding hydrogens is 249 g/mol. The van der Waals surface area contributed by atoms with Gasteiger partial charge in [-0.25, -0.2) is 14.2 Å². The summed E-state index contributed by atoms with van der Waals surface area (Å²) in [5.74, 6) is -0.822. The molecule has 0 unspecified atom stereocenters. The van der Waals surface area contributed by atoms with Crippen LogP contribution in [-0.4, -0.2) is 18.1 Å². The van der Waals surface area contributed by atoms with Gasteiger partial charge in [0.05, 0.1) is 18.5 Å². The van der Waals surface area contributed by atoms with Crippen LogP contribution in [0.2, 0.25) is 0 Å². The summed E-state index contributed by atoms with van der Waals surface area (Å²) < 4.78 is 18.1. The van der Waals surface area contributed by atoms with Crippen LogP contribution in [0.1, 0.15) is 10.5 Å². The van der Waals surface area contributed by atoms with Gasteiger partial charge in [-0.2, -0.15) is 0 Å². The third-order valence-electron chi connectivity index (χ3n) is 2.45. The maximum absolute atomic E-state index is 13.5. The third-order valence-corrected chi connectivity index (χ3v) is 2.45. The normalized spacial score (nSPS) is 10.0. The van der Waals surface area contributed by atoms with Gasteiger partial charge in [0.25, 0.3) is 0 Å². The molecular formula is C13H12FN3O2. The van der Waals surface area contributed by atoms with Gasteiger partial charge >= 0.3 is 5.97 Å². The fourth-order valence-corrected chi connectivity index (χ4v) is 1.48. The molecule has 0 aliphatic heterocycles. The van der Waals surface area contributed by atoms with Crippen LogP contribution < -0.4 is 11.1 Å². The average Bonchev–Trinajstić information content (AvgIpc) is 2.42. The van der Waals surface area contributed by atoms with Crippen molar-refractivity contribution in [3.8, 4) is 0 Å². The van der Waals surface area contributed by atoms with E-state index in [1.54, 1.807) is 18.2 Å². The summed E-state index contributed by atoms with van der Waals surface area (Å²) in [6, 6.07) is 9.04. The fraction of sp³-hybridized carbons (Fsp3) is 0.0769. The molecule has 2 rings (SSSR count). The number of anilines is 3. The van der Waals surface area contributed by atoms with E-state index in [1.165, 1.54) is 25.3 Å². The van der Waals surface area contributed by atoms with Crippen molar-refractivity contribution < 1.29 is 13.9 Å². The smallest absolute Gasteiger partial charge is 0.356 e. The van der Waals surface area contributed by atoms with E-state index in [1.807, 2.05) is 0 Å². The summed E-state index contributed by atoms with van der Waals surface area (Å²) in [5, 5.41) is 2.74. The molecule has 0 saturated carbocycles. The lowest BCUT2D eigenvalue weighted by atomic mass is 10.2. The number of nitrogens with two attached hydrogens (primary N) is 1. The van der Waals surface area contributed by atoms with Crippen molar-refractivity contribution in [3.63, 3.8) is 0 Å². The molecule has 5 nitrogen and oxygen atoms in total. The highest BCUT2D eigenvalue weighted by atomic mass is 19.1. The molecule has 3 N–H and O–H groups in total. The van der Waals surface area contributed by atoms with Crippen molar-refractivity contribution in [3.05, 3.63) is 47.9 Å². The molecule has 0 radical (unpaired) electrons. The van der Waals surface area contributed by atoms with Crippen LogP contribution in [0.4, 0.5) is 21.6 Å². The minimum atomic E-state index is -0.586. The molecule has 98 valence electrons. The van der Waals surface area contributed by atoms with E-state index < -0.39 is 11.8 Å². The van der Waals surface area contributed by atoms with E-state index in [0.29, 0.717) is 5.69 Å². The van der Waals surface area contributed by atoms with Crippen LogP contribution >= 0.6 is 0 Å². The Labute approximate surface area is 109 Å². The van der Waals surface area contributed by atoms with E-state index >= 15 is 0 Å². The molecule has 0 aliphatic carbocycles. The Bertz CT molecular complexity index is 617. The number of carbonyl (C=O) groups is 1. The van der Waals surface area contributed by atoms with Gasteiger partial charge in [-0.3, -0.25) is 0 Å². The number of benzene rings is 1. The molecule has 0 atom stereocenters. The van der Waals surface area contributed by atoms with Crippen LogP contribution in [0.15, 0.2) is 36.4 Å². The molecule has 1 aromatic carbocycles. The number of methoxy groups -OCH3 is 1. The molecule has 0 amide bonds. The van der Waals surface area contributed by atoms with E-state index in [2.05, 4.69) is 15.0 Å². The summed E-state index contributed by atoms with van der Waals surface area (Å²) >= 11 is 0. The first-order valence-corrected chi connectivity index (χ1v) is 5.48. The Hall–Kier alpha value is -2.63. The maximum Gasteiger partial charge on any atom is 0.356 e. The number of nitrogens with zero attached hydrogens (tertiary/aromatic N) is 1. The minimum Gasteiger partial charge on any atom is -0.464 e. The molecule has 2 aromatic rings. The summed E-state index contributed by atoms with van der Waals surface area (Å²) in [7, 11) is 1.25. The molecule has 6 heteroatoms. The van der Waals surface area contributed by atoms with E-state index in [0.717, 1.165) is 0 Å². The first-order chi connectivity index (χ1) is 9.11. The number of nitrogens with one attached hydrogen (secondary N) is 1. The molecule has 1 aromatic heterocycles. The Morgan fingerprint density at radius 2 is 2.05 bits per heavy atom. The van der Waals surface area contributed by atoms with Crippen molar-refractivity contribution in [1.29, 1.82) is 0 Å². The summed E-state index contributed by atoms with van der Waals surface area (Å²) in [6.07, 6.45) is 0. The van der Waals surface area contributed by atoms with Crippen LogP contribution in [0.25, 0.3) is 0 Å². The van der Waals surface area contributed by atoms with E-state index in [4.69, 9.17) is 5.73 Å². The molecule has 0 aliphatic rings. The zero-order valence-corrected chi connectivity index (χ0v) is 10.2. The molecule has 0 saturated heterocycles. The SMILES string of the molecule is COC(=O)c1ccc(N)c(Nc2ccccc2F)n1. The van der Waals surface area contributed by atoms with Gasteiger partial charge in [0.2, 0.25) is 0 Å². The Morgan fingerprint density at radius 1 is 1.32 bits per heavy atom. The molecule has 0 fully saturated rings. The highest BCUT2D eigenvalue weighted by molar-refractivity contribution is 5.88. The highest BCUT2D eigenvalue weighted by Gasteiger charge is 2.11. The number of aromatic nitrogens is 1. The van der Waals surface area contributed by atoms with Gasteiger partial charge in [-0.1, -0.05) is 12.1 Å². The number of nitrogen functional groups attached to an aromatic ring is 1. The largest absolute Gasteiger partial charge is 0.464 e. The Balaban J connectivity index is 2.34. The van der Waals surface area contributed by atoms with Gasteiger partial charge in [0, 0.05) is 0 Å². The predicted octanol–water partition coefficient (Wildman–Crippen LogP) is 2.33. The fourth-order valence-electron chi connectivity index (χ4n) is 1.48. The summed E-state index contributed by atoms with van der Waals surface area (Å²) in [4.78, 5) is 15.4. The van der Waals surface area contributed by atoms with Gasteiger partial charge < -0.3 is 15.8 Å². The quantitative estimate of drug-likeness (QED) is 0.829. The maximum atomic E-state index is 13.5. The second kappa shape index (κ2) is 5.34. The number of rotatable bonds is 3. The number of para-hydroxylation sites is 1. The van der Waals surface area contributed by atoms with Crippen LogP contribution in [0.5, 0.6) is 0 Å². The predicted molar refractivity (Wildman–Crippen MR) is 69.7 cm³/mol. The molecule has 0 spiro atoms. The second-order valence-corrected chi connectivity index (χ2v) is 3.73. The van der Waals surface area contributed by atoms with E-state index in [9.17, 15) is 9.18 Å². The number of carbonyl (C=O) groups excluding carboxylic acids is 1. The minimum absolute atomic E-state index is 0.0931. The lowest BCUT2D eigenvalue weighted by molar-refractivity contribution is 0.0594. The lowest BCUT2D eigenvalue weighted by Crippen LogP contribution is -2.08. The summed E-state index contributed by atoms with van der Waals surface area (Å²) in [5.41, 5.74) is 6.35. The first kappa shape index (κ1) is 12.8. The zero-order valence-electron chi connectivity index (χ0n) is 10.2. The van der Waals surface area contributed by atoms with Gasteiger partial charge in [-0.05, 0) is 24.3 Å². The standard InChI is InChI=1S/C13H12FN3O2/c1-19-13(18)11-7-6-9(15)12(17-11)16-10-5-3-2-4-8(10)14/h2-7H,15H2,1H3,(H,16,17). The third kappa shape index (κ3) is 2.79. The van der Waals surface area contributed by atoms with Crippen LogP contribution in [0.3, 0.4) is 0 Å². The van der Waals surface area contributed by atoms with Crippen molar-refractivity contribution in [2.45, 2.75) is 0 Å². The average molecular weight is 261 g/mol. The number of hydrogen-bond donors (Lipinski definition) is 2. The van der Waals surface area contributed by atoms with E-state index in [-0.39, 0.29) is 17.2 Å². The van der Waals surface area contributed by atoms with Crippen molar-refractivity contribution in [2.75, 3.05) is 18.2 Å². The second-order valence-electron chi connectivity index (χ2n) is 3.73. The van der Waals surface area contributed by atoms with Gasteiger partial charge in [-0.15, -0.1) is 0 Å².